The summed E-state index contributed by atoms with van der Waals surface area (Å²) in [5, 5.41) is 4.60. The molecule has 1 saturated heterocycles. The van der Waals surface area contributed by atoms with Crippen molar-refractivity contribution in [3.8, 4) is 0 Å². The lowest BCUT2D eigenvalue weighted by Crippen LogP contribution is -2.23. The number of thioether (sulfide) groups is 1. The lowest BCUT2D eigenvalue weighted by Gasteiger charge is -2.08. The van der Waals surface area contributed by atoms with E-state index in [1.807, 2.05) is 31.2 Å². The first-order valence-corrected chi connectivity index (χ1v) is 5.68. The Labute approximate surface area is 82.9 Å². The van der Waals surface area contributed by atoms with Gasteiger partial charge in [0.2, 0.25) is 0 Å². The molecule has 1 atom stereocenters. The number of aryl methyl sites for hydroxylation is 1. The molecule has 4 heteroatoms. The minimum atomic E-state index is 0.696. The molecule has 2 rings (SSSR count). The summed E-state index contributed by atoms with van der Waals surface area (Å²) in [7, 11) is 2.04. The fourth-order valence-corrected chi connectivity index (χ4v) is 2.60. The first kappa shape index (κ1) is 9.09. The molecule has 72 valence electrons. The average molecular weight is 197 g/mol. The van der Waals surface area contributed by atoms with E-state index in [-0.39, 0.29) is 0 Å². The van der Waals surface area contributed by atoms with Gasteiger partial charge in [-0.1, -0.05) is 11.8 Å². The predicted molar refractivity (Wildman–Crippen MR) is 55.0 cm³/mol. The van der Waals surface area contributed by atoms with Crippen LogP contribution < -0.4 is 5.32 Å². The molecule has 0 spiro atoms. The van der Waals surface area contributed by atoms with Crippen LogP contribution in [0.25, 0.3) is 0 Å². The number of rotatable bonds is 3. The van der Waals surface area contributed by atoms with Crippen molar-refractivity contribution in [2.75, 3.05) is 12.3 Å². The lowest BCUT2D eigenvalue weighted by molar-refractivity contribution is 0.671. The van der Waals surface area contributed by atoms with Gasteiger partial charge in [-0.15, -0.1) is 0 Å². The molecule has 2 heterocycles. The predicted octanol–water partition coefficient (Wildman–Crippen LogP) is 1.26. The highest BCUT2D eigenvalue weighted by molar-refractivity contribution is 7.99. The van der Waals surface area contributed by atoms with Gasteiger partial charge >= 0.3 is 0 Å². The Bertz CT molecular complexity index is 266. The molecule has 1 aliphatic heterocycles. The van der Waals surface area contributed by atoms with E-state index in [0.717, 1.165) is 10.9 Å². The van der Waals surface area contributed by atoms with Crippen molar-refractivity contribution in [3.05, 3.63) is 12.4 Å². The van der Waals surface area contributed by atoms with Crippen LogP contribution in [0.5, 0.6) is 0 Å². The van der Waals surface area contributed by atoms with Gasteiger partial charge < -0.3 is 9.88 Å². The van der Waals surface area contributed by atoms with E-state index < -0.39 is 0 Å². The van der Waals surface area contributed by atoms with Crippen LogP contribution in [0.3, 0.4) is 0 Å². The Balaban J connectivity index is 1.82. The van der Waals surface area contributed by atoms with Gasteiger partial charge in [0.1, 0.15) is 0 Å². The first-order valence-electron chi connectivity index (χ1n) is 4.70. The van der Waals surface area contributed by atoms with Crippen molar-refractivity contribution >= 4 is 11.8 Å². The average Bonchev–Trinajstić information content (AvgIpc) is 2.72. The van der Waals surface area contributed by atoms with E-state index in [1.54, 1.807) is 0 Å². The Hall–Kier alpha value is -0.480. The number of hydrogen-bond acceptors (Lipinski definition) is 3. The number of nitrogens with zero attached hydrogens (tertiary/aromatic N) is 2. The fourth-order valence-electron chi connectivity index (χ4n) is 1.57. The highest BCUT2D eigenvalue weighted by Crippen LogP contribution is 2.18. The second kappa shape index (κ2) is 4.15. The highest BCUT2D eigenvalue weighted by Gasteiger charge is 2.14. The quantitative estimate of drug-likeness (QED) is 0.740. The molecule has 1 fully saturated rings. The Kier molecular flexibility index (Phi) is 2.90. The van der Waals surface area contributed by atoms with Gasteiger partial charge in [-0.05, 0) is 19.4 Å². The molecule has 3 nitrogen and oxygen atoms in total. The summed E-state index contributed by atoms with van der Waals surface area (Å²) in [6.07, 6.45) is 6.48. The highest BCUT2D eigenvalue weighted by atomic mass is 32.2. The molecule has 0 radical (unpaired) electrons. The molecule has 0 aromatic carbocycles. The molecule has 0 saturated carbocycles. The van der Waals surface area contributed by atoms with Crippen molar-refractivity contribution in [2.45, 2.75) is 24.0 Å². The third-order valence-corrected chi connectivity index (χ3v) is 3.57. The van der Waals surface area contributed by atoms with Crippen LogP contribution in [0.4, 0.5) is 0 Å². The topological polar surface area (TPSA) is 29.9 Å². The van der Waals surface area contributed by atoms with Crippen molar-refractivity contribution in [1.82, 2.24) is 14.9 Å². The van der Waals surface area contributed by atoms with E-state index in [0.29, 0.717) is 6.04 Å². The molecule has 0 bridgehead atoms. The van der Waals surface area contributed by atoms with Crippen LogP contribution in [0.1, 0.15) is 12.8 Å². The van der Waals surface area contributed by atoms with Gasteiger partial charge in [0.15, 0.2) is 5.16 Å². The third kappa shape index (κ3) is 2.25. The minimum Gasteiger partial charge on any atom is -0.329 e. The lowest BCUT2D eigenvalue weighted by atomic mass is 10.3. The molecule has 1 N–H and O–H groups in total. The van der Waals surface area contributed by atoms with E-state index in [4.69, 9.17) is 0 Å². The van der Waals surface area contributed by atoms with Gasteiger partial charge in [-0.2, -0.15) is 0 Å². The summed E-state index contributed by atoms with van der Waals surface area (Å²) in [5.41, 5.74) is 0. The summed E-state index contributed by atoms with van der Waals surface area (Å²) in [6.45, 7) is 1.19. The minimum absolute atomic E-state index is 0.696. The largest absolute Gasteiger partial charge is 0.329 e. The fraction of sp³-hybridized carbons (Fsp3) is 0.667. The Morgan fingerprint density at radius 2 is 2.69 bits per heavy atom. The molecule has 1 aromatic rings. The number of imidazole rings is 1. The van der Waals surface area contributed by atoms with Crippen molar-refractivity contribution in [1.29, 1.82) is 0 Å². The number of nitrogens with one attached hydrogen (secondary N) is 1. The van der Waals surface area contributed by atoms with Gasteiger partial charge in [0, 0.05) is 31.2 Å². The summed E-state index contributed by atoms with van der Waals surface area (Å²) in [6, 6.07) is 0.696. The Morgan fingerprint density at radius 1 is 1.77 bits per heavy atom. The molecule has 1 unspecified atom stereocenters. The monoisotopic (exact) mass is 197 g/mol. The van der Waals surface area contributed by atoms with Crippen LogP contribution in [0.2, 0.25) is 0 Å². The summed E-state index contributed by atoms with van der Waals surface area (Å²) < 4.78 is 2.07. The SMILES string of the molecule is Cn1ccnc1SCC1CCCN1. The third-order valence-electron chi connectivity index (χ3n) is 2.35. The van der Waals surface area contributed by atoms with Crippen LogP contribution >= 0.6 is 11.8 Å². The van der Waals surface area contributed by atoms with Gasteiger partial charge in [-0.3, -0.25) is 0 Å². The van der Waals surface area contributed by atoms with Gasteiger partial charge in [-0.25, -0.2) is 4.98 Å². The van der Waals surface area contributed by atoms with Crippen molar-refractivity contribution in [2.24, 2.45) is 7.05 Å². The van der Waals surface area contributed by atoms with Crippen LogP contribution in [0.15, 0.2) is 17.6 Å². The summed E-state index contributed by atoms with van der Waals surface area (Å²) in [5.74, 6) is 1.14. The second-order valence-electron chi connectivity index (χ2n) is 3.43. The van der Waals surface area contributed by atoms with E-state index in [2.05, 4.69) is 14.9 Å². The van der Waals surface area contributed by atoms with Crippen LogP contribution in [-0.4, -0.2) is 27.9 Å². The zero-order chi connectivity index (χ0) is 9.10. The molecular formula is C9H15N3S. The number of hydrogen-bond donors (Lipinski definition) is 1. The maximum atomic E-state index is 4.27. The van der Waals surface area contributed by atoms with Gasteiger partial charge in [0.25, 0.3) is 0 Å². The molecule has 13 heavy (non-hydrogen) atoms. The van der Waals surface area contributed by atoms with Crippen molar-refractivity contribution < 1.29 is 0 Å². The van der Waals surface area contributed by atoms with E-state index >= 15 is 0 Å². The zero-order valence-corrected chi connectivity index (χ0v) is 8.68. The summed E-state index contributed by atoms with van der Waals surface area (Å²) in [4.78, 5) is 4.27. The molecule has 0 amide bonds. The molecule has 1 aliphatic rings. The molecule has 1 aromatic heterocycles. The Morgan fingerprint density at radius 3 is 3.31 bits per heavy atom. The van der Waals surface area contributed by atoms with Gasteiger partial charge in [0.05, 0.1) is 0 Å². The van der Waals surface area contributed by atoms with E-state index in [1.165, 1.54) is 19.4 Å². The van der Waals surface area contributed by atoms with E-state index in [9.17, 15) is 0 Å². The molecular weight excluding hydrogens is 182 g/mol. The van der Waals surface area contributed by atoms with Crippen molar-refractivity contribution in [3.63, 3.8) is 0 Å². The van der Waals surface area contributed by atoms with Crippen LogP contribution in [-0.2, 0) is 7.05 Å². The number of aromatic nitrogens is 2. The second-order valence-corrected chi connectivity index (χ2v) is 4.41. The first-order chi connectivity index (χ1) is 6.36. The normalized spacial score (nSPS) is 22.4. The maximum absolute atomic E-state index is 4.27. The zero-order valence-electron chi connectivity index (χ0n) is 7.86. The maximum Gasteiger partial charge on any atom is 0.167 e. The molecule has 0 aliphatic carbocycles. The summed E-state index contributed by atoms with van der Waals surface area (Å²) >= 11 is 1.84. The smallest absolute Gasteiger partial charge is 0.167 e. The standard InChI is InChI=1S/C9H15N3S/c1-12-6-5-11-9(12)13-7-8-3-2-4-10-8/h5-6,8,10H,2-4,7H2,1H3. The van der Waals surface area contributed by atoms with Crippen LogP contribution in [0, 0.1) is 0 Å².